The van der Waals surface area contributed by atoms with Gasteiger partial charge in [-0.1, -0.05) is 45.4 Å². The number of fused-ring (bicyclic) bond motifs is 1. The quantitative estimate of drug-likeness (QED) is 0.609. The molecule has 0 aromatic heterocycles. The third-order valence-electron chi connectivity index (χ3n) is 2.45. The second-order valence-electron chi connectivity index (χ2n) is 4.17. The van der Waals surface area contributed by atoms with Crippen LogP contribution in [-0.2, 0) is 5.41 Å². The summed E-state index contributed by atoms with van der Waals surface area (Å²) >= 11 is 0. The van der Waals surface area contributed by atoms with Gasteiger partial charge in [-0.2, -0.15) is 0 Å². The van der Waals surface area contributed by atoms with Crippen LogP contribution in [0.4, 0.5) is 0 Å². The molecule has 78 valence electrons. The minimum Gasteiger partial charge on any atom is -0.492 e. The number of hydrogen-bond donors (Lipinski definition) is 0. The average Bonchev–Trinajstić information content (AvgIpc) is 2.46. The summed E-state index contributed by atoms with van der Waals surface area (Å²) in [5, 5.41) is 0. The van der Waals surface area contributed by atoms with E-state index in [4.69, 9.17) is 4.74 Å². The summed E-state index contributed by atoms with van der Waals surface area (Å²) in [6.07, 6.45) is 0. The lowest BCUT2D eigenvalue weighted by molar-refractivity contribution is 0.291. The molecule has 14 heavy (non-hydrogen) atoms. The van der Waals surface area contributed by atoms with Gasteiger partial charge in [0.05, 0.1) is 6.61 Å². The maximum atomic E-state index is 5.57. The molecule has 0 radical (unpaired) electrons. The fourth-order valence-corrected chi connectivity index (χ4v) is 1.63. The maximum Gasteiger partial charge on any atom is 0.123 e. The number of aryl methyl sites for hydroxylation is 1. The van der Waals surface area contributed by atoms with Crippen LogP contribution in [0.1, 0.15) is 38.8 Å². The Bertz CT molecular complexity index is 313. The van der Waals surface area contributed by atoms with Crippen LogP contribution in [0.2, 0.25) is 0 Å². The molecule has 0 amide bonds. The van der Waals surface area contributed by atoms with Gasteiger partial charge in [0.25, 0.3) is 0 Å². The van der Waals surface area contributed by atoms with Crippen molar-refractivity contribution < 1.29 is 4.74 Å². The van der Waals surface area contributed by atoms with Crippen LogP contribution >= 0.6 is 0 Å². The van der Waals surface area contributed by atoms with Crippen molar-refractivity contribution in [1.82, 2.24) is 0 Å². The van der Waals surface area contributed by atoms with Crippen LogP contribution in [0, 0.1) is 6.92 Å². The highest BCUT2D eigenvalue weighted by molar-refractivity contribution is 5.44. The smallest absolute Gasteiger partial charge is 0.123 e. The summed E-state index contributed by atoms with van der Waals surface area (Å²) in [5.41, 5.74) is 2.86. The van der Waals surface area contributed by atoms with E-state index in [1.165, 1.54) is 11.1 Å². The van der Waals surface area contributed by atoms with Crippen molar-refractivity contribution in [2.24, 2.45) is 0 Å². The molecular weight excluding hydrogens is 172 g/mol. The first-order valence-corrected chi connectivity index (χ1v) is 5.33. The predicted molar refractivity (Wildman–Crippen MR) is 61.0 cm³/mol. The average molecular weight is 192 g/mol. The SMILES string of the molecule is CC.Cc1ccc2c(c1)C(C)(C)CO2. The molecule has 0 atom stereocenters. The zero-order valence-corrected chi connectivity index (χ0v) is 9.85. The highest BCUT2D eigenvalue weighted by atomic mass is 16.5. The van der Waals surface area contributed by atoms with Crippen LogP contribution in [0.5, 0.6) is 5.75 Å². The van der Waals surface area contributed by atoms with Crippen molar-refractivity contribution >= 4 is 0 Å². The topological polar surface area (TPSA) is 9.23 Å². The molecule has 0 fully saturated rings. The van der Waals surface area contributed by atoms with Gasteiger partial charge in [0.2, 0.25) is 0 Å². The maximum absolute atomic E-state index is 5.57. The van der Waals surface area contributed by atoms with E-state index in [1.807, 2.05) is 13.8 Å². The Labute approximate surface area is 87.1 Å². The summed E-state index contributed by atoms with van der Waals surface area (Å²) in [6, 6.07) is 6.39. The zero-order valence-electron chi connectivity index (χ0n) is 9.85. The van der Waals surface area contributed by atoms with Crippen LogP contribution in [0.15, 0.2) is 18.2 Å². The van der Waals surface area contributed by atoms with Gasteiger partial charge >= 0.3 is 0 Å². The molecule has 1 nitrogen and oxygen atoms in total. The molecule has 1 heterocycles. The van der Waals surface area contributed by atoms with Crippen molar-refractivity contribution in [3.05, 3.63) is 29.3 Å². The van der Waals surface area contributed by atoms with Crippen molar-refractivity contribution in [2.45, 2.75) is 40.0 Å². The molecule has 0 aliphatic carbocycles. The molecule has 1 aliphatic rings. The first kappa shape index (κ1) is 11.1. The predicted octanol–water partition coefficient (Wildman–Crippen LogP) is 3.69. The number of benzene rings is 1. The van der Waals surface area contributed by atoms with Crippen LogP contribution < -0.4 is 4.74 Å². The lowest BCUT2D eigenvalue weighted by Crippen LogP contribution is -2.18. The van der Waals surface area contributed by atoms with E-state index in [0.29, 0.717) is 0 Å². The fraction of sp³-hybridized carbons (Fsp3) is 0.538. The van der Waals surface area contributed by atoms with Gasteiger partial charge in [-0.15, -0.1) is 0 Å². The third kappa shape index (κ3) is 1.92. The molecule has 0 saturated heterocycles. The Morgan fingerprint density at radius 2 is 1.86 bits per heavy atom. The largest absolute Gasteiger partial charge is 0.492 e. The summed E-state index contributed by atoms with van der Waals surface area (Å²) in [7, 11) is 0. The Balaban J connectivity index is 0.000000461. The van der Waals surface area contributed by atoms with Gasteiger partial charge in [-0.05, 0) is 13.0 Å². The first-order valence-electron chi connectivity index (χ1n) is 5.33. The standard InChI is InChI=1S/C11H14O.C2H6/c1-8-4-5-10-9(6-8)11(2,3)7-12-10;1-2/h4-6H,7H2,1-3H3;1-2H3. The van der Waals surface area contributed by atoms with E-state index >= 15 is 0 Å². The molecule has 1 aromatic carbocycles. The lowest BCUT2D eigenvalue weighted by atomic mass is 9.86. The normalized spacial score (nSPS) is 16.4. The highest BCUT2D eigenvalue weighted by Crippen LogP contribution is 2.38. The molecule has 0 spiro atoms. The number of ether oxygens (including phenoxy) is 1. The third-order valence-corrected chi connectivity index (χ3v) is 2.45. The molecule has 0 saturated carbocycles. The minimum absolute atomic E-state index is 0.196. The second kappa shape index (κ2) is 4.04. The van der Waals surface area contributed by atoms with Gasteiger partial charge in [0, 0.05) is 11.0 Å². The fourth-order valence-electron chi connectivity index (χ4n) is 1.63. The molecule has 2 rings (SSSR count). The lowest BCUT2D eigenvalue weighted by Gasteiger charge is -2.15. The van der Waals surface area contributed by atoms with Gasteiger partial charge in [-0.25, -0.2) is 0 Å². The van der Waals surface area contributed by atoms with Crippen molar-refractivity contribution in [1.29, 1.82) is 0 Å². The molecule has 0 N–H and O–H groups in total. The first-order chi connectivity index (χ1) is 6.59. The Morgan fingerprint density at radius 3 is 2.50 bits per heavy atom. The van der Waals surface area contributed by atoms with Gasteiger partial charge in [0.15, 0.2) is 0 Å². The molecule has 0 unspecified atom stereocenters. The van der Waals surface area contributed by atoms with Crippen molar-refractivity contribution in [2.75, 3.05) is 6.61 Å². The van der Waals surface area contributed by atoms with E-state index in [-0.39, 0.29) is 5.41 Å². The van der Waals surface area contributed by atoms with E-state index in [9.17, 15) is 0 Å². The number of hydrogen-bond acceptors (Lipinski definition) is 1. The summed E-state index contributed by atoms with van der Waals surface area (Å²) in [5.74, 6) is 1.06. The zero-order chi connectivity index (χ0) is 10.8. The van der Waals surface area contributed by atoms with Gasteiger partial charge in [0.1, 0.15) is 5.75 Å². The molecule has 0 bridgehead atoms. The molecule has 1 heteroatoms. The molecular formula is C13H20O. The van der Waals surface area contributed by atoms with E-state index < -0.39 is 0 Å². The van der Waals surface area contributed by atoms with Gasteiger partial charge < -0.3 is 4.74 Å². The number of rotatable bonds is 0. The van der Waals surface area contributed by atoms with E-state index in [0.717, 1.165) is 12.4 Å². The Kier molecular flexibility index (Phi) is 3.20. The Hall–Kier alpha value is -0.980. The Morgan fingerprint density at radius 1 is 1.21 bits per heavy atom. The van der Waals surface area contributed by atoms with Crippen LogP contribution in [0.3, 0.4) is 0 Å². The van der Waals surface area contributed by atoms with Crippen LogP contribution in [0.25, 0.3) is 0 Å². The minimum atomic E-state index is 0.196. The van der Waals surface area contributed by atoms with E-state index in [1.54, 1.807) is 0 Å². The van der Waals surface area contributed by atoms with Crippen molar-refractivity contribution in [3.8, 4) is 5.75 Å². The molecule has 1 aliphatic heterocycles. The summed E-state index contributed by atoms with van der Waals surface area (Å²) in [6.45, 7) is 11.4. The highest BCUT2D eigenvalue weighted by Gasteiger charge is 2.31. The molecule has 1 aromatic rings. The second-order valence-corrected chi connectivity index (χ2v) is 4.17. The van der Waals surface area contributed by atoms with Crippen LogP contribution in [-0.4, -0.2) is 6.61 Å². The van der Waals surface area contributed by atoms with Crippen molar-refractivity contribution in [3.63, 3.8) is 0 Å². The monoisotopic (exact) mass is 192 g/mol. The summed E-state index contributed by atoms with van der Waals surface area (Å²) in [4.78, 5) is 0. The van der Waals surface area contributed by atoms with Gasteiger partial charge in [-0.3, -0.25) is 0 Å². The van der Waals surface area contributed by atoms with E-state index in [2.05, 4.69) is 39.0 Å². The summed E-state index contributed by atoms with van der Waals surface area (Å²) < 4.78 is 5.57.